The van der Waals surface area contributed by atoms with Crippen LogP contribution in [0.5, 0.6) is 0 Å². The number of hydrogen-bond donors (Lipinski definition) is 2. The molecule has 0 amide bonds. The van der Waals surface area contributed by atoms with Gasteiger partial charge in [0.25, 0.3) is 0 Å². The van der Waals surface area contributed by atoms with E-state index < -0.39 is 0 Å². The number of ether oxygens (including phenoxy) is 1. The third-order valence-electron chi connectivity index (χ3n) is 4.30. The molecule has 1 aliphatic rings. The van der Waals surface area contributed by atoms with Crippen LogP contribution in [0.2, 0.25) is 0 Å². The standard InChI is InChI=1S/C17H24N4O.ClH/c1-13(18-11-16-12-19-20-14(16)2)15-3-5-17(6-4-15)21-7-9-22-10-8-21;/h3-6,12-13,18H,7-11H2,1-2H3,(H,19,20);1H. The lowest BCUT2D eigenvalue weighted by atomic mass is 10.1. The predicted molar refractivity (Wildman–Crippen MR) is 95.3 cm³/mol. The second-order valence-corrected chi connectivity index (χ2v) is 5.81. The molecule has 3 rings (SSSR count). The summed E-state index contributed by atoms with van der Waals surface area (Å²) in [5.41, 5.74) is 4.93. The molecule has 2 N–H and O–H groups in total. The molecule has 0 spiro atoms. The maximum atomic E-state index is 5.40. The van der Waals surface area contributed by atoms with Crippen LogP contribution >= 0.6 is 12.4 Å². The first-order valence-corrected chi connectivity index (χ1v) is 7.89. The van der Waals surface area contributed by atoms with E-state index in [1.165, 1.54) is 16.8 Å². The van der Waals surface area contributed by atoms with Gasteiger partial charge in [0, 0.05) is 42.6 Å². The lowest BCUT2D eigenvalue weighted by Gasteiger charge is -2.29. The summed E-state index contributed by atoms with van der Waals surface area (Å²) in [6.07, 6.45) is 1.89. The first-order chi connectivity index (χ1) is 10.7. The van der Waals surface area contributed by atoms with Crippen LogP contribution in [0.1, 0.15) is 29.8 Å². The zero-order valence-corrected chi connectivity index (χ0v) is 14.5. The van der Waals surface area contributed by atoms with Gasteiger partial charge in [0.05, 0.1) is 19.4 Å². The van der Waals surface area contributed by atoms with E-state index in [1.807, 2.05) is 13.1 Å². The van der Waals surface area contributed by atoms with Gasteiger partial charge in [-0.25, -0.2) is 0 Å². The van der Waals surface area contributed by atoms with Crippen LogP contribution in [0.4, 0.5) is 5.69 Å². The van der Waals surface area contributed by atoms with Crippen molar-refractivity contribution >= 4 is 18.1 Å². The molecule has 0 aliphatic carbocycles. The highest BCUT2D eigenvalue weighted by Gasteiger charge is 2.12. The molecule has 1 aromatic heterocycles. The Morgan fingerprint density at radius 1 is 1.26 bits per heavy atom. The van der Waals surface area contributed by atoms with Gasteiger partial charge < -0.3 is 15.0 Å². The van der Waals surface area contributed by atoms with Gasteiger partial charge >= 0.3 is 0 Å². The summed E-state index contributed by atoms with van der Waals surface area (Å²) >= 11 is 0. The van der Waals surface area contributed by atoms with Gasteiger partial charge in [-0.3, -0.25) is 5.10 Å². The number of halogens is 1. The van der Waals surface area contributed by atoms with E-state index in [1.54, 1.807) is 0 Å². The Morgan fingerprint density at radius 2 is 1.96 bits per heavy atom. The van der Waals surface area contributed by atoms with Gasteiger partial charge in [-0.2, -0.15) is 5.10 Å². The summed E-state index contributed by atoms with van der Waals surface area (Å²) in [4.78, 5) is 2.38. The lowest BCUT2D eigenvalue weighted by molar-refractivity contribution is 0.122. The van der Waals surface area contributed by atoms with E-state index >= 15 is 0 Å². The van der Waals surface area contributed by atoms with Crippen molar-refractivity contribution in [3.63, 3.8) is 0 Å². The van der Waals surface area contributed by atoms with Crippen molar-refractivity contribution in [2.75, 3.05) is 31.2 Å². The molecule has 1 unspecified atom stereocenters. The smallest absolute Gasteiger partial charge is 0.0642 e. The molecule has 6 heteroatoms. The van der Waals surface area contributed by atoms with Crippen LogP contribution in [0, 0.1) is 6.92 Å². The molecule has 126 valence electrons. The van der Waals surface area contributed by atoms with E-state index in [2.05, 4.69) is 51.6 Å². The summed E-state index contributed by atoms with van der Waals surface area (Å²) < 4.78 is 5.40. The van der Waals surface area contributed by atoms with E-state index in [0.717, 1.165) is 38.5 Å². The van der Waals surface area contributed by atoms with Crippen molar-refractivity contribution < 1.29 is 4.74 Å². The molecule has 0 saturated carbocycles. The van der Waals surface area contributed by atoms with Crippen LogP contribution in [0.3, 0.4) is 0 Å². The summed E-state index contributed by atoms with van der Waals surface area (Å²) in [6, 6.07) is 9.16. The normalized spacial score (nSPS) is 16.0. The maximum Gasteiger partial charge on any atom is 0.0642 e. The average molecular weight is 337 g/mol. The van der Waals surface area contributed by atoms with Crippen molar-refractivity contribution in [2.45, 2.75) is 26.4 Å². The minimum atomic E-state index is 0. The Balaban J connectivity index is 0.00000192. The Kier molecular flexibility index (Phi) is 6.45. The highest BCUT2D eigenvalue weighted by Crippen LogP contribution is 2.20. The largest absolute Gasteiger partial charge is 0.378 e. The molecule has 1 aliphatic heterocycles. The molecule has 1 fully saturated rings. The SMILES string of the molecule is Cc1[nH]ncc1CNC(C)c1ccc(N2CCOCC2)cc1.Cl. The quantitative estimate of drug-likeness (QED) is 0.881. The number of nitrogens with zero attached hydrogens (tertiary/aromatic N) is 2. The number of nitrogens with one attached hydrogen (secondary N) is 2. The topological polar surface area (TPSA) is 53.2 Å². The van der Waals surface area contributed by atoms with Crippen molar-refractivity contribution in [3.05, 3.63) is 47.3 Å². The lowest BCUT2D eigenvalue weighted by Crippen LogP contribution is -2.36. The third-order valence-corrected chi connectivity index (χ3v) is 4.30. The highest BCUT2D eigenvalue weighted by molar-refractivity contribution is 5.85. The van der Waals surface area contributed by atoms with E-state index in [-0.39, 0.29) is 12.4 Å². The summed E-state index contributed by atoms with van der Waals surface area (Å²) in [5, 5.41) is 10.6. The second kappa shape index (κ2) is 8.34. The fourth-order valence-electron chi connectivity index (χ4n) is 2.73. The van der Waals surface area contributed by atoms with Crippen molar-refractivity contribution in [1.82, 2.24) is 15.5 Å². The number of anilines is 1. The summed E-state index contributed by atoms with van der Waals surface area (Å²) in [5.74, 6) is 0. The fraction of sp³-hybridized carbons (Fsp3) is 0.471. The molecular weight excluding hydrogens is 312 g/mol. The number of rotatable bonds is 5. The zero-order valence-electron chi connectivity index (χ0n) is 13.7. The number of hydrogen-bond acceptors (Lipinski definition) is 4. The van der Waals surface area contributed by atoms with Gasteiger partial charge in [0.15, 0.2) is 0 Å². The van der Waals surface area contributed by atoms with Crippen molar-refractivity contribution in [1.29, 1.82) is 0 Å². The van der Waals surface area contributed by atoms with Crippen molar-refractivity contribution in [2.24, 2.45) is 0 Å². The first-order valence-electron chi connectivity index (χ1n) is 7.89. The minimum Gasteiger partial charge on any atom is -0.378 e. The Labute approximate surface area is 143 Å². The van der Waals surface area contributed by atoms with Crippen LogP contribution in [0.25, 0.3) is 0 Å². The van der Waals surface area contributed by atoms with Gasteiger partial charge in [-0.15, -0.1) is 12.4 Å². The number of morpholine rings is 1. The maximum absolute atomic E-state index is 5.40. The molecule has 0 bridgehead atoms. The van der Waals surface area contributed by atoms with Crippen molar-refractivity contribution in [3.8, 4) is 0 Å². The monoisotopic (exact) mass is 336 g/mol. The highest BCUT2D eigenvalue weighted by atomic mass is 35.5. The van der Waals surface area contributed by atoms with E-state index in [4.69, 9.17) is 4.74 Å². The molecule has 5 nitrogen and oxygen atoms in total. The van der Waals surface area contributed by atoms with E-state index in [9.17, 15) is 0 Å². The third kappa shape index (κ3) is 4.47. The summed E-state index contributed by atoms with van der Waals surface area (Å²) in [7, 11) is 0. The molecule has 2 aromatic rings. The fourth-order valence-corrected chi connectivity index (χ4v) is 2.73. The minimum absolute atomic E-state index is 0. The van der Waals surface area contributed by atoms with Crippen LogP contribution in [-0.4, -0.2) is 36.5 Å². The second-order valence-electron chi connectivity index (χ2n) is 5.81. The molecule has 23 heavy (non-hydrogen) atoms. The molecule has 1 aromatic carbocycles. The zero-order chi connectivity index (χ0) is 15.4. The van der Waals surface area contributed by atoms with Crippen LogP contribution in [-0.2, 0) is 11.3 Å². The van der Waals surface area contributed by atoms with Gasteiger partial charge in [0.2, 0.25) is 0 Å². The first kappa shape index (κ1) is 17.8. The predicted octanol–water partition coefficient (Wildman–Crippen LogP) is 2.83. The van der Waals surface area contributed by atoms with Crippen LogP contribution < -0.4 is 10.2 Å². The number of benzene rings is 1. The molecular formula is C17H25ClN4O. The molecule has 1 atom stereocenters. The van der Waals surface area contributed by atoms with Gasteiger partial charge in [-0.1, -0.05) is 12.1 Å². The van der Waals surface area contributed by atoms with Crippen LogP contribution in [0.15, 0.2) is 30.5 Å². The number of aryl methyl sites for hydroxylation is 1. The average Bonchev–Trinajstić information content (AvgIpc) is 2.99. The van der Waals surface area contributed by atoms with Gasteiger partial charge in [0.1, 0.15) is 0 Å². The van der Waals surface area contributed by atoms with Gasteiger partial charge in [-0.05, 0) is 31.5 Å². The summed E-state index contributed by atoms with van der Waals surface area (Å²) in [6.45, 7) is 8.67. The Morgan fingerprint density at radius 3 is 2.57 bits per heavy atom. The molecule has 2 heterocycles. The number of aromatic amines is 1. The number of aromatic nitrogens is 2. The van der Waals surface area contributed by atoms with E-state index in [0.29, 0.717) is 6.04 Å². The number of H-pyrrole nitrogens is 1. The molecule has 1 saturated heterocycles. The Bertz CT molecular complexity index is 593. The molecule has 0 radical (unpaired) electrons. The Hall–Kier alpha value is -1.56.